The van der Waals surface area contributed by atoms with Crippen molar-refractivity contribution in [3.8, 4) is 16.8 Å². The first-order chi connectivity index (χ1) is 9.33. The number of benzene rings is 1. The van der Waals surface area contributed by atoms with Crippen molar-refractivity contribution >= 4 is 11.6 Å². The van der Waals surface area contributed by atoms with Gasteiger partial charge in [0.05, 0.1) is 0 Å². The lowest BCUT2D eigenvalue weighted by atomic mass is 10.1. The van der Waals surface area contributed by atoms with Gasteiger partial charge in [0.25, 0.3) is 0 Å². The van der Waals surface area contributed by atoms with Crippen molar-refractivity contribution in [1.29, 1.82) is 0 Å². The minimum absolute atomic E-state index is 0.748. The predicted octanol–water partition coefficient (Wildman–Crippen LogP) is 3.68. The van der Waals surface area contributed by atoms with Crippen molar-refractivity contribution in [2.24, 2.45) is 0 Å². The summed E-state index contributed by atoms with van der Waals surface area (Å²) in [5.74, 6) is 0. The Morgan fingerprint density at radius 2 is 1.32 bits per heavy atom. The number of nitrogens with zero attached hydrogens (tertiary/aromatic N) is 2. The molecule has 19 heavy (non-hydrogen) atoms. The molecule has 3 rings (SSSR count). The van der Waals surface area contributed by atoms with Crippen molar-refractivity contribution in [3.63, 3.8) is 0 Å². The molecule has 0 aliphatic carbocycles. The molecule has 0 spiro atoms. The van der Waals surface area contributed by atoms with Gasteiger partial charge in [-0.3, -0.25) is 4.98 Å². The molecule has 0 N–H and O–H groups in total. The standard InChI is InChI=1S/C16H12ClN2/c17-15-1-3-16(4-2-15)19-11-7-14(8-12-19)13-5-9-18-10-6-13/h1-12H/q+1. The third kappa shape index (κ3) is 2.64. The average molecular weight is 268 g/mol. The van der Waals surface area contributed by atoms with Crippen LogP contribution in [-0.4, -0.2) is 4.98 Å². The Hall–Kier alpha value is -2.19. The fourth-order valence-electron chi connectivity index (χ4n) is 1.95. The van der Waals surface area contributed by atoms with Gasteiger partial charge in [-0.15, -0.1) is 0 Å². The van der Waals surface area contributed by atoms with Crippen LogP contribution in [0.3, 0.4) is 0 Å². The molecule has 0 atom stereocenters. The molecule has 0 fully saturated rings. The summed E-state index contributed by atoms with van der Waals surface area (Å²) in [6, 6.07) is 15.9. The topological polar surface area (TPSA) is 16.8 Å². The number of pyridine rings is 2. The Labute approximate surface area is 116 Å². The molecular formula is C16H12ClN2+. The first kappa shape index (κ1) is 11.9. The molecule has 0 bridgehead atoms. The summed E-state index contributed by atoms with van der Waals surface area (Å²) in [6.07, 6.45) is 7.68. The summed E-state index contributed by atoms with van der Waals surface area (Å²) in [6.45, 7) is 0. The molecule has 0 radical (unpaired) electrons. The summed E-state index contributed by atoms with van der Waals surface area (Å²) >= 11 is 5.89. The van der Waals surface area contributed by atoms with Crippen LogP contribution >= 0.6 is 11.6 Å². The first-order valence-corrected chi connectivity index (χ1v) is 6.38. The summed E-state index contributed by atoms with van der Waals surface area (Å²) in [4.78, 5) is 4.03. The third-order valence-electron chi connectivity index (χ3n) is 2.97. The molecule has 0 unspecified atom stereocenters. The van der Waals surface area contributed by atoms with Crippen LogP contribution in [0.1, 0.15) is 0 Å². The van der Waals surface area contributed by atoms with Crippen molar-refractivity contribution in [2.75, 3.05) is 0 Å². The van der Waals surface area contributed by atoms with Crippen LogP contribution < -0.4 is 4.57 Å². The molecule has 2 aromatic heterocycles. The molecule has 0 amide bonds. The van der Waals surface area contributed by atoms with E-state index in [1.165, 1.54) is 11.1 Å². The highest BCUT2D eigenvalue weighted by atomic mass is 35.5. The second-order valence-electron chi connectivity index (χ2n) is 4.21. The van der Waals surface area contributed by atoms with Gasteiger partial charge in [0.1, 0.15) is 0 Å². The van der Waals surface area contributed by atoms with E-state index in [0.29, 0.717) is 0 Å². The molecule has 2 heterocycles. The van der Waals surface area contributed by atoms with Crippen LogP contribution in [0.25, 0.3) is 16.8 Å². The zero-order valence-electron chi connectivity index (χ0n) is 10.2. The monoisotopic (exact) mass is 267 g/mol. The normalized spacial score (nSPS) is 10.4. The lowest BCUT2D eigenvalue weighted by Gasteiger charge is -2.00. The fraction of sp³-hybridized carbons (Fsp3) is 0. The molecule has 0 saturated heterocycles. The van der Waals surface area contributed by atoms with E-state index in [1.54, 1.807) is 12.4 Å². The quantitative estimate of drug-likeness (QED) is 0.647. The van der Waals surface area contributed by atoms with E-state index in [-0.39, 0.29) is 0 Å². The van der Waals surface area contributed by atoms with E-state index in [2.05, 4.69) is 21.7 Å². The number of rotatable bonds is 2. The number of hydrogen-bond acceptors (Lipinski definition) is 1. The van der Waals surface area contributed by atoms with E-state index in [4.69, 9.17) is 11.6 Å². The van der Waals surface area contributed by atoms with Crippen LogP contribution in [0.2, 0.25) is 5.02 Å². The van der Waals surface area contributed by atoms with E-state index in [1.807, 2.05) is 48.8 Å². The average Bonchev–Trinajstić information content (AvgIpc) is 2.49. The summed E-state index contributed by atoms with van der Waals surface area (Å²) in [5.41, 5.74) is 3.43. The Morgan fingerprint density at radius 3 is 1.95 bits per heavy atom. The fourth-order valence-corrected chi connectivity index (χ4v) is 2.07. The van der Waals surface area contributed by atoms with Crippen LogP contribution in [0.5, 0.6) is 0 Å². The maximum absolute atomic E-state index is 5.89. The predicted molar refractivity (Wildman–Crippen MR) is 76.2 cm³/mol. The van der Waals surface area contributed by atoms with Gasteiger partial charge in [-0.05, 0) is 35.4 Å². The molecule has 0 saturated carbocycles. The van der Waals surface area contributed by atoms with Crippen LogP contribution in [0.4, 0.5) is 0 Å². The van der Waals surface area contributed by atoms with Crippen LogP contribution in [0, 0.1) is 0 Å². The van der Waals surface area contributed by atoms with Crippen molar-refractivity contribution in [1.82, 2.24) is 4.98 Å². The molecule has 0 aliphatic heterocycles. The molecule has 0 aliphatic rings. The maximum Gasteiger partial charge on any atom is 0.210 e. The highest BCUT2D eigenvalue weighted by Crippen LogP contribution is 2.16. The SMILES string of the molecule is Clc1ccc(-[n+]2ccc(-c3ccncc3)cc2)cc1. The first-order valence-electron chi connectivity index (χ1n) is 6.00. The maximum atomic E-state index is 5.89. The molecule has 3 heteroatoms. The van der Waals surface area contributed by atoms with Crippen LogP contribution in [-0.2, 0) is 0 Å². The second-order valence-corrected chi connectivity index (χ2v) is 4.64. The molecule has 3 aromatic rings. The number of aromatic nitrogens is 2. The van der Waals surface area contributed by atoms with E-state index >= 15 is 0 Å². The Bertz CT molecular complexity index is 661. The highest BCUT2D eigenvalue weighted by Gasteiger charge is 2.06. The third-order valence-corrected chi connectivity index (χ3v) is 3.22. The van der Waals surface area contributed by atoms with Gasteiger partial charge >= 0.3 is 0 Å². The molecule has 2 nitrogen and oxygen atoms in total. The van der Waals surface area contributed by atoms with Gasteiger partial charge in [0, 0.05) is 41.7 Å². The van der Waals surface area contributed by atoms with Crippen molar-refractivity contribution in [2.45, 2.75) is 0 Å². The number of halogens is 1. The zero-order chi connectivity index (χ0) is 13.1. The van der Waals surface area contributed by atoms with Crippen molar-refractivity contribution < 1.29 is 4.57 Å². The summed E-state index contributed by atoms with van der Waals surface area (Å²) < 4.78 is 2.06. The van der Waals surface area contributed by atoms with Gasteiger partial charge < -0.3 is 0 Å². The highest BCUT2D eigenvalue weighted by molar-refractivity contribution is 6.30. The Balaban J connectivity index is 1.93. The minimum Gasteiger partial charge on any atom is -0.265 e. The van der Waals surface area contributed by atoms with E-state index in [9.17, 15) is 0 Å². The number of hydrogen-bond donors (Lipinski definition) is 0. The summed E-state index contributed by atoms with van der Waals surface area (Å²) in [5, 5.41) is 0.748. The van der Waals surface area contributed by atoms with Gasteiger partial charge in [0.2, 0.25) is 5.69 Å². The van der Waals surface area contributed by atoms with Gasteiger partial charge in [-0.1, -0.05) is 11.6 Å². The molecule has 92 valence electrons. The minimum atomic E-state index is 0.748. The lowest BCUT2D eigenvalue weighted by molar-refractivity contribution is -0.595. The van der Waals surface area contributed by atoms with Gasteiger partial charge in [-0.2, -0.15) is 4.57 Å². The molecule has 1 aromatic carbocycles. The van der Waals surface area contributed by atoms with E-state index < -0.39 is 0 Å². The van der Waals surface area contributed by atoms with Crippen molar-refractivity contribution in [3.05, 3.63) is 78.3 Å². The smallest absolute Gasteiger partial charge is 0.210 e. The molecular weight excluding hydrogens is 256 g/mol. The van der Waals surface area contributed by atoms with Crippen LogP contribution in [0.15, 0.2) is 73.3 Å². The van der Waals surface area contributed by atoms with E-state index in [0.717, 1.165) is 10.7 Å². The Morgan fingerprint density at radius 1 is 0.737 bits per heavy atom. The van der Waals surface area contributed by atoms with Gasteiger partial charge in [-0.25, -0.2) is 0 Å². The lowest BCUT2D eigenvalue weighted by Crippen LogP contribution is -2.28. The zero-order valence-corrected chi connectivity index (χ0v) is 11.0. The largest absolute Gasteiger partial charge is 0.265 e. The second kappa shape index (κ2) is 5.21. The summed E-state index contributed by atoms with van der Waals surface area (Å²) in [7, 11) is 0. The Kier molecular flexibility index (Phi) is 3.25. The van der Waals surface area contributed by atoms with Gasteiger partial charge in [0.15, 0.2) is 12.4 Å².